The Morgan fingerprint density at radius 1 is 1.03 bits per heavy atom. The summed E-state index contributed by atoms with van der Waals surface area (Å²) < 4.78 is 11.8. The topological polar surface area (TPSA) is 63.0 Å². The van der Waals surface area contributed by atoms with Crippen molar-refractivity contribution >= 4 is 16.9 Å². The summed E-state index contributed by atoms with van der Waals surface area (Å²) in [6.45, 7) is 4.19. The summed E-state index contributed by atoms with van der Waals surface area (Å²) in [7, 11) is 4.01. The van der Waals surface area contributed by atoms with Crippen molar-refractivity contribution in [3.05, 3.63) is 75.6 Å². The molecule has 4 rings (SSSR count). The molecule has 0 fully saturated rings. The van der Waals surface area contributed by atoms with E-state index < -0.39 is 6.04 Å². The molecule has 1 amide bonds. The summed E-state index contributed by atoms with van der Waals surface area (Å²) in [6.07, 6.45) is 2.87. The predicted octanol–water partition coefficient (Wildman–Crippen LogP) is 4.47. The maximum absolute atomic E-state index is 13.4. The van der Waals surface area contributed by atoms with Crippen LogP contribution in [0.4, 0.5) is 0 Å². The van der Waals surface area contributed by atoms with E-state index in [4.69, 9.17) is 9.15 Å². The van der Waals surface area contributed by atoms with E-state index in [0.29, 0.717) is 29.7 Å². The summed E-state index contributed by atoms with van der Waals surface area (Å²) in [6, 6.07) is 14.4. The number of hydrogen-bond donors (Lipinski definition) is 0. The lowest BCUT2D eigenvalue weighted by atomic mass is 9.98. The minimum absolute atomic E-state index is 0.140. The van der Waals surface area contributed by atoms with E-state index in [1.165, 1.54) is 0 Å². The molecule has 1 aliphatic heterocycles. The van der Waals surface area contributed by atoms with Crippen molar-refractivity contribution in [1.82, 2.24) is 9.80 Å². The van der Waals surface area contributed by atoms with Crippen molar-refractivity contribution in [2.75, 3.05) is 33.8 Å². The van der Waals surface area contributed by atoms with Crippen LogP contribution in [0.5, 0.6) is 5.75 Å². The highest BCUT2D eigenvalue weighted by atomic mass is 16.5. The number of ether oxygens (including phenoxy) is 1. The molecule has 0 saturated heterocycles. The molecule has 0 saturated carbocycles. The Labute approximate surface area is 188 Å². The molecule has 1 atom stereocenters. The zero-order chi connectivity index (χ0) is 22.7. The molecule has 0 N–H and O–H groups in total. The molecule has 6 heteroatoms. The summed E-state index contributed by atoms with van der Waals surface area (Å²) in [5.74, 6) is 0.721. The van der Waals surface area contributed by atoms with Gasteiger partial charge in [-0.2, -0.15) is 0 Å². The number of amides is 1. The van der Waals surface area contributed by atoms with Gasteiger partial charge in [0, 0.05) is 6.54 Å². The monoisotopic (exact) mass is 434 g/mol. The lowest BCUT2D eigenvalue weighted by Gasteiger charge is -2.26. The van der Waals surface area contributed by atoms with Gasteiger partial charge < -0.3 is 19.0 Å². The molecule has 1 aromatic heterocycles. The van der Waals surface area contributed by atoms with E-state index in [-0.39, 0.29) is 17.1 Å². The normalized spacial score (nSPS) is 15.6. The molecule has 0 spiro atoms. The van der Waals surface area contributed by atoms with Crippen LogP contribution in [0, 0.1) is 0 Å². The van der Waals surface area contributed by atoms with Crippen molar-refractivity contribution in [3.63, 3.8) is 0 Å². The van der Waals surface area contributed by atoms with Crippen LogP contribution in [0.1, 0.15) is 53.9 Å². The highest BCUT2D eigenvalue weighted by molar-refractivity contribution is 5.99. The smallest absolute Gasteiger partial charge is 0.290 e. The number of carbonyl (C=O) groups excluding carboxylic acids is 1. The first-order valence-corrected chi connectivity index (χ1v) is 11.3. The van der Waals surface area contributed by atoms with Crippen LogP contribution < -0.4 is 10.2 Å². The van der Waals surface area contributed by atoms with Crippen LogP contribution in [0.15, 0.2) is 57.7 Å². The lowest BCUT2D eigenvalue weighted by Crippen LogP contribution is -2.32. The van der Waals surface area contributed by atoms with Gasteiger partial charge in [-0.05, 0) is 63.3 Å². The average Bonchev–Trinajstić information content (AvgIpc) is 3.06. The second-order valence-electron chi connectivity index (χ2n) is 8.50. The Bertz CT molecular complexity index is 1150. The molecule has 3 aromatic rings. The predicted molar refractivity (Wildman–Crippen MR) is 125 cm³/mol. The Morgan fingerprint density at radius 2 is 1.78 bits per heavy atom. The molecule has 6 nitrogen and oxygen atoms in total. The number of rotatable bonds is 9. The van der Waals surface area contributed by atoms with Gasteiger partial charge in [-0.25, -0.2) is 0 Å². The fourth-order valence-electron chi connectivity index (χ4n) is 4.18. The quantitative estimate of drug-likeness (QED) is 0.465. The molecule has 1 unspecified atom stereocenters. The van der Waals surface area contributed by atoms with Crippen LogP contribution in [0.3, 0.4) is 0 Å². The van der Waals surface area contributed by atoms with Gasteiger partial charge in [-0.3, -0.25) is 9.59 Å². The van der Waals surface area contributed by atoms with Crippen molar-refractivity contribution in [3.8, 4) is 5.75 Å². The third kappa shape index (κ3) is 4.28. The van der Waals surface area contributed by atoms with Gasteiger partial charge >= 0.3 is 0 Å². The Kier molecular flexibility index (Phi) is 6.61. The van der Waals surface area contributed by atoms with Crippen molar-refractivity contribution in [2.45, 2.75) is 32.2 Å². The molecule has 0 aliphatic carbocycles. The minimum atomic E-state index is -0.467. The van der Waals surface area contributed by atoms with E-state index in [9.17, 15) is 9.59 Å². The van der Waals surface area contributed by atoms with Crippen LogP contribution in [-0.4, -0.2) is 49.5 Å². The van der Waals surface area contributed by atoms with Crippen molar-refractivity contribution in [1.29, 1.82) is 0 Å². The molecule has 32 heavy (non-hydrogen) atoms. The molecular formula is C26H30N2O4. The summed E-state index contributed by atoms with van der Waals surface area (Å²) >= 11 is 0. The van der Waals surface area contributed by atoms with Gasteiger partial charge in [0.25, 0.3) is 5.91 Å². The van der Waals surface area contributed by atoms with Gasteiger partial charge in [0.1, 0.15) is 11.3 Å². The lowest BCUT2D eigenvalue weighted by molar-refractivity contribution is 0.0722. The largest absolute Gasteiger partial charge is 0.494 e. The van der Waals surface area contributed by atoms with Crippen molar-refractivity contribution < 1.29 is 13.9 Å². The molecule has 0 radical (unpaired) electrons. The van der Waals surface area contributed by atoms with E-state index in [1.807, 2.05) is 44.4 Å². The number of para-hydroxylation sites is 1. The third-order valence-corrected chi connectivity index (χ3v) is 5.84. The van der Waals surface area contributed by atoms with Crippen LogP contribution in [0.2, 0.25) is 0 Å². The van der Waals surface area contributed by atoms with Gasteiger partial charge in [-0.15, -0.1) is 0 Å². The van der Waals surface area contributed by atoms with Crippen LogP contribution >= 0.6 is 0 Å². The number of benzene rings is 2. The number of hydrogen-bond acceptors (Lipinski definition) is 5. The highest BCUT2D eigenvalue weighted by Gasteiger charge is 2.42. The second-order valence-corrected chi connectivity index (χ2v) is 8.50. The van der Waals surface area contributed by atoms with Crippen molar-refractivity contribution in [2.24, 2.45) is 0 Å². The average molecular weight is 435 g/mol. The van der Waals surface area contributed by atoms with E-state index >= 15 is 0 Å². The standard InChI is InChI=1S/C26H30N2O4/c1-4-5-17-31-19-13-11-18(12-14-19)23-22-24(29)20-9-6-7-10-21(20)32-25(22)26(30)28(23)16-8-15-27(2)3/h6-7,9-14,23H,4-5,8,15-17H2,1-3H3. The van der Waals surface area contributed by atoms with Crippen LogP contribution in [0.25, 0.3) is 11.0 Å². The van der Waals surface area contributed by atoms with Gasteiger partial charge in [-0.1, -0.05) is 37.6 Å². The zero-order valence-electron chi connectivity index (χ0n) is 19.0. The minimum Gasteiger partial charge on any atom is -0.494 e. The van der Waals surface area contributed by atoms with Crippen LogP contribution in [-0.2, 0) is 0 Å². The molecule has 2 aromatic carbocycles. The molecular weight excluding hydrogens is 404 g/mol. The number of nitrogens with zero attached hydrogens (tertiary/aromatic N) is 2. The first-order chi connectivity index (χ1) is 15.5. The maximum Gasteiger partial charge on any atom is 0.290 e. The van der Waals surface area contributed by atoms with Gasteiger partial charge in [0.15, 0.2) is 5.43 Å². The summed E-state index contributed by atoms with van der Waals surface area (Å²) in [5, 5.41) is 0.499. The fourth-order valence-corrected chi connectivity index (χ4v) is 4.18. The zero-order valence-corrected chi connectivity index (χ0v) is 19.0. The second kappa shape index (κ2) is 9.57. The van der Waals surface area contributed by atoms with E-state index in [0.717, 1.165) is 37.1 Å². The first kappa shape index (κ1) is 22.1. The Morgan fingerprint density at radius 3 is 2.50 bits per heavy atom. The summed E-state index contributed by atoms with van der Waals surface area (Å²) in [4.78, 5) is 30.7. The van der Waals surface area contributed by atoms with E-state index in [2.05, 4.69) is 11.8 Å². The number of fused-ring (bicyclic) bond motifs is 2. The van der Waals surface area contributed by atoms with Gasteiger partial charge in [0.2, 0.25) is 5.76 Å². The maximum atomic E-state index is 13.4. The molecule has 0 bridgehead atoms. The summed E-state index contributed by atoms with van der Waals surface area (Å²) in [5.41, 5.74) is 1.61. The van der Waals surface area contributed by atoms with E-state index in [1.54, 1.807) is 23.1 Å². The number of carbonyl (C=O) groups is 1. The Hall–Kier alpha value is -3.12. The SMILES string of the molecule is CCCCOc1ccc(C2c3c(oc4ccccc4c3=O)C(=O)N2CCCN(C)C)cc1. The molecule has 168 valence electrons. The first-order valence-electron chi connectivity index (χ1n) is 11.3. The van der Waals surface area contributed by atoms with Gasteiger partial charge in [0.05, 0.1) is 23.6 Å². The Balaban J connectivity index is 1.74. The molecule has 1 aliphatic rings. The fraction of sp³-hybridized carbons (Fsp3) is 0.385. The molecule has 2 heterocycles. The third-order valence-electron chi connectivity index (χ3n) is 5.84. The number of unbranched alkanes of at least 4 members (excludes halogenated alkanes) is 1. The highest BCUT2D eigenvalue weighted by Crippen LogP contribution is 2.38.